The summed E-state index contributed by atoms with van der Waals surface area (Å²) in [5, 5.41) is 8.33. The van der Waals surface area contributed by atoms with Crippen LogP contribution in [0.25, 0.3) is 11.0 Å². The lowest BCUT2D eigenvalue weighted by molar-refractivity contribution is 0.0722. The minimum atomic E-state index is -2.61. The lowest BCUT2D eigenvalue weighted by Crippen LogP contribution is -2.03. The molecule has 3 rings (SSSR count). The molecular weight excluding hydrogens is 284 g/mol. The van der Waals surface area contributed by atoms with E-state index in [0.717, 1.165) is 4.57 Å². The molecule has 5 nitrogen and oxygen atoms in total. The standard InChI is InChI=1S/C12H11F2N5S/c1-18-7-15-17-12(18)20-6-10-16-8-4-2-3-5-9(8)19(10)11(13)14/h2-5,7,11H,6H2,1H3. The van der Waals surface area contributed by atoms with Gasteiger partial charge >= 0.3 is 6.55 Å². The number of aryl methyl sites for hydroxylation is 1. The van der Waals surface area contributed by atoms with E-state index in [2.05, 4.69) is 15.2 Å². The molecule has 104 valence electrons. The maximum atomic E-state index is 13.2. The van der Waals surface area contributed by atoms with Crippen molar-refractivity contribution in [3.05, 3.63) is 36.4 Å². The fraction of sp³-hybridized carbons (Fsp3) is 0.250. The molecule has 1 aromatic carbocycles. The number of halogens is 2. The second-order valence-corrected chi connectivity index (χ2v) is 5.12. The molecule has 2 aromatic heterocycles. The molecule has 20 heavy (non-hydrogen) atoms. The Morgan fingerprint density at radius 1 is 1.30 bits per heavy atom. The van der Waals surface area contributed by atoms with Crippen LogP contribution in [0.3, 0.4) is 0 Å². The van der Waals surface area contributed by atoms with Crippen molar-refractivity contribution in [2.45, 2.75) is 17.5 Å². The van der Waals surface area contributed by atoms with Gasteiger partial charge < -0.3 is 4.57 Å². The van der Waals surface area contributed by atoms with Crippen molar-refractivity contribution in [3.63, 3.8) is 0 Å². The first kappa shape index (κ1) is 13.0. The molecule has 3 aromatic rings. The average Bonchev–Trinajstić information content (AvgIpc) is 2.99. The third-order valence-electron chi connectivity index (χ3n) is 2.86. The van der Waals surface area contributed by atoms with E-state index in [1.54, 1.807) is 42.2 Å². The number of nitrogens with zero attached hydrogens (tertiary/aromatic N) is 5. The first-order valence-corrected chi connectivity index (χ1v) is 6.86. The monoisotopic (exact) mass is 295 g/mol. The molecule has 0 aliphatic heterocycles. The van der Waals surface area contributed by atoms with E-state index >= 15 is 0 Å². The topological polar surface area (TPSA) is 48.5 Å². The molecule has 0 radical (unpaired) electrons. The quantitative estimate of drug-likeness (QED) is 0.694. The van der Waals surface area contributed by atoms with Crippen molar-refractivity contribution in [3.8, 4) is 0 Å². The van der Waals surface area contributed by atoms with Gasteiger partial charge in [-0.05, 0) is 12.1 Å². The summed E-state index contributed by atoms with van der Waals surface area (Å²) in [5.41, 5.74) is 1.01. The van der Waals surface area contributed by atoms with Crippen LogP contribution in [-0.2, 0) is 12.8 Å². The number of hydrogen-bond donors (Lipinski definition) is 0. The Kier molecular flexibility index (Phi) is 3.39. The largest absolute Gasteiger partial charge is 0.320 e. The molecule has 0 saturated heterocycles. The number of imidazole rings is 1. The van der Waals surface area contributed by atoms with Gasteiger partial charge in [0.15, 0.2) is 5.16 Å². The van der Waals surface area contributed by atoms with Gasteiger partial charge in [0.1, 0.15) is 12.2 Å². The van der Waals surface area contributed by atoms with Crippen molar-refractivity contribution in [2.75, 3.05) is 0 Å². The lowest BCUT2D eigenvalue weighted by Gasteiger charge is -2.07. The SMILES string of the molecule is Cn1cnnc1SCc1nc2ccccc2n1C(F)F. The Balaban J connectivity index is 1.94. The zero-order chi connectivity index (χ0) is 14.1. The van der Waals surface area contributed by atoms with Gasteiger partial charge in [-0.2, -0.15) is 8.78 Å². The Morgan fingerprint density at radius 3 is 2.80 bits per heavy atom. The molecule has 0 aliphatic rings. The maximum Gasteiger partial charge on any atom is 0.320 e. The van der Waals surface area contributed by atoms with Gasteiger partial charge in [0.25, 0.3) is 0 Å². The minimum Gasteiger partial charge on any atom is -0.312 e. The summed E-state index contributed by atoms with van der Waals surface area (Å²) >= 11 is 1.33. The Hall–Kier alpha value is -1.96. The number of hydrogen-bond acceptors (Lipinski definition) is 4. The minimum absolute atomic E-state index is 0.311. The molecular formula is C12H11F2N5S. The molecule has 0 saturated carbocycles. The summed E-state index contributed by atoms with van der Waals surface area (Å²) in [7, 11) is 1.80. The van der Waals surface area contributed by atoms with Crippen LogP contribution in [0.1, 0.15) is 12.4 Å². The van der Waals surface area contributed by atoms with E-state index in [1.807, 2.05) is 0 Å². The van der Waals surface area contributed by atoms with E-state index in [4.69, 9.17) is 0 Å². The Bertz CT molecular complexity index is 736. The molecule has 0 unspecified atom stereocenters. The molecule has 8 heteroatoms. The highest BCUT2D eigenvalue weighted by Crippen LogP contribution is 2.27. The summed E-state index contributed by atoms with van der Waals surface area (Å²) in [6.45, 7) is -2.61. The van der Waals surface area contributed by atoms with Gasteiger partial charge in [-0.15, -0.1) is 10.2 Å². The van der Waals surface area contributed by atoms with Gasteiger partial charge in [-0.25, -0.2) is 4.98 Å². The van der Waals surface area contributed by atoms with Crippen LogP contribution < -0.4 is 0 Å². The van der Waals surface area contributed by atoms with Gasteiger partial charge in [-0.1, -0.05) is 23.9 Å². The van der Waals surface area contributed by atoms with E-state index in [1.165, 1.54) is 11.8 Å². The van der Waals surface area contributed by atoms with Crippen LogP contribution in [0.5, 0.6) is 0 Å². The first-order valence-electron chi connectivity index (χ1n) is 5.87. The molecule has 0 aliphatic carbocycles. The highest BCUT2D eigenvalue weighted by Gasteiger charge is 2.18. The molecule has 0 spiro atoms. The number of benzene rings is 1. The summed E-state index contributed by atoms with van der Waals surface area (Å²) in [6, 6.07) is 6.88. The predicted molar refractivity (Wildman–Crippen MR) is 71.6 cm³/mol. The number of rotatable bonds is 4. The van der Waals surface area contributed by atoms with Crippen LogP contribution >= 0.6 is 11.8 Å². The van der Waals surface area contributed by atoms with E-state index in [0.29, 0.717) is 27.8 Å². The third-order valence-corrected chi connectivity index (χ3v) is 3.89. The number of para-hydroxylation sites is 2. The fourth-order valence-corrected chi connectivity index (χ4v) is 2.76. The molecule has 0 N–H and O–H groups in total. The molecule has 0 fully saturated rings. The number of thioether (sulfide) groups is 1. The maximum absolute atomic E-state index is 13.2. The van der Waals surface area contributed by atoms with Crippen molar-refractivity contribution in [2.24, 2.45) is 7.05 Å². The number of alkyl halides is 2. The summed E-state index contributed by atoms with van der Waals surface area (Å²) in [4.78, 5) is 4.27. The summed E-state index contributed by atoms with van der Waals surface area (Å²) in [5.74, 6) is 0.639. The highest BCUT2D eigenvalue weighted by atomic mass is 32.2. The highest BCUT2D eigenvalue weighted by molar-refractivity contribution is 7.98. The summed E-state index contributed by atoms with van der Waals surface area (Å²) in [6.07, 6.45) is 1.57. The number of aromatic nitrogens is 5. The van der Waals surface area contributed by atoms with Crippen LogP contribution in [0.15, 0.2) is 35.7 Å². The molecule has 0 amide bonds. The summed E-state index contributed by atoms with van der Waals surface area (Å²) < 4.78 is 29.1. The first-order chi connectivity index (χ1) is 9.66. The second kappa shape index (κ2) is 5.20. The van der Waals surface area contributed by atoms with E-state index in [9.17, 15) is 8.78 Å². The van der Waals surface area contributed by atoms with Crippen molar-refractivity contribution >= 4 is 22.8 Å². The molecule has 2 heterocycles. The Morgan fingerprint density at radius 2 is 2.10 bits per heavy atom. The molecule has 0 atom stereocenters. The van der Waals surface area contributed by atoms with Crippen molar-refractivity contribution in [1.82, 2.24) is 24.3 Å². The van der Waals surface area contributed by atoms with E-state index < -0.39 is 6.55 Å². The normalized spacial score (nSPS) is 11.6. The van der Waals surface area contributed by atoms with Crippen LogP contribution in [0.4, 0.5) is 8.78 Å². The Labute approximate surface area is 117 Å². The zero-order valence-corrected chi connectivity index (χ0v) is 11.4. The van der Waals surface area contributed by atoms with Crippen LogP contribution in [0.2, 0.25) is 0 Å². The number of fused-ring (bicyclic) bond motifs is 1. The smallest absolute Gasteiger partial charge is 0.312 e. The van der Waals surface area contributed by atoms with Crippen LogP contribution in [0, 0.1) is 0 Å². The van der Waals surface area contributed by atoms with Gasteiger partial charge in [0.2, 0.25) is 0 Å². The predicted octanol–water partition coefficient (Wildman–Crippen LogP) is 2.85. The van der Waals surface area contributed by atoms with E-state index in [-0.39, 0.29) is 0 Å². The van der Waals surface area contributed by atoms with Crippen LogP contribution in [-0.4, -0.2) is 24.3 Å². The fourth-order valence-electron chi connectivity index (χ4n) is 1.95. The second-order valence-electron chi connectivity index (χ2n) is 4.18. The lowest BCUT2D eigenvalue weighted by atomic mass is 10.3. The van der Waals surface area contributed by atoms with Crippen molar-refractivity contribution in [1.29, 1.82) is 0 Å². The molecule has 0 bridgehead atoms. The van der Waals surface area contributed by atoms with Gasteiger partial charge in [0.05, 0.1) is 16.8 Å². The van der Waals surface area contributed by atoms with Gasteiger partial charge in [0, 0.05) is 7.05 Å². The van der Waals surface area contributed by atoms with Crippen molar-refractivity contribution < 1.29 is 8.78 Å². The third kappa shape index (κ3) is 2.26. The zero-order valence-electron chi connectivity index (χ0n) is 10.6. The van der Waals surface area contributed by atoms with Gasteiger partial charge in [-0.3, -0.25) is 4.57 Å². The average molecular weight is 295 g/mol.